The van der Waals surface area contributed by atoms with Gasteiger partial charge in [0.15, 0.2) is 0 Å². The van der Waals surface area contributed by atoms with Crippen molar-refractivity contribution in [3.8, 4) is 5.75 Å². The first kappa shape index (κ1) is 24.5. The molecule has 0 atom stereocenters. The molecule has 2 rings (SSSR count). The fourth-order valence-corrected chi connectivity index (χ4v) is 2.61. The molecule has 0 spiro atoms. The molecule has 13 heteroatoms. The number of rotatable bonds is 5. The average Bonchev–Trinajstić information content (AvgIpc) is 2.93. The Morgan fingerprint density at radius 1 is 0.906 bits per heavy atom. The second-order valence-corrected chi connectivity index (χ2v) is 5.87. The van der Waals surface area contributed by atoms with Gasteiger partial charge in [0.2, 0.25) is 0 Å². The molecule has 0 fully saturated rings. The van der Waals surface area contributed by atoms with E-state index in [0.29, 0.717) is 17.0 Å². The van der Waals surface area contributed by atoms with Crippen LogP contribution in [0, 0.1) is 0 Å². The van der Waals surface area contributed by atoms with Crippen molar-refractivity contribution >= 4 is 23.4 Å². The molecule has 0 N–H and O–H groups in total. The summed E-state index contributed by atoms with van der Waals surface area (Å²) in [5, 5.41) is 0. The van der Waals surface area contributed by atoms with Gasteiger partial charge in [0.25, 0.3) is 5.78 Å². The molecule has 1 heterocycles. The van der Waals surface area contributed by atoms with Gasteiger partial charge in [0.1, 0.15) is 11.4 Å². The third-order valence-electron chi connectivity index (χ3n) is 3.85. The van der Waals surface area contributed by atoms with Gasteiger partial charge < -0.3 is 19.1 Å². The number of nitrogens with zero attached hydrogens (tertiary/aromatic N) is 1. The zero-order valence-corrected chi connectivity index (χ0v) is 16.2. The fraction of sp³-hybridized carbons (Fsp3) is 0.211. The number of anilines is 1. The first-order valence-corrected chi connectivity index (χ1v) is 8.36. The van der Waals surface area contributed by atoms with Crippen molar-refractivity contribution in [2.45, 2.75) is 12.5 Å². The van der Waals surface area contributed by atoms with Crippen LogP contribution >= 0.6 is 0 Å². The van der Waals surface area contributed by atoms with Gasteiger partial charge in [-0.15, -0.1) is 13.2 Å². The van der Waals surface area contributed by atoms with E-state index in [4.69, 9.17) is 0 Å². The molecule has 0 saturated carbocycles. The van der Waals surface area contributed by atoms with Gasteiger partial charge in [-0.2, -0.15) is 13.2 Å². The van der Waals surface area contributed by atoms with Crippen LogP contribution in [0.15, 0.2) is 53.9 Å². The molecule has 0 unspecified atom stereocenters. The number of carbonyl (C=O) groups is 3. The number of carbonyl (C=O) groups excluding carboxylic acids is 3. The summed E-state index contributed by atoms with van der Waals surface area (Å²) >= 11 is 0. The Morgan fingerprint density at radius 2 is 1.53 bits per heavy atom. The highest BCUT2D eigenvalue weighted by molar-refractivity contribution is 6.09. The molecule has 0 amide bonds. The highest BCUT2D eigenvalue weighted by atomic mass is 19.4. The summed E-state index contributed by atoms with van der Waals surface area (Å²) in [6.45, 7) is 0. The topological polar surface area (TPSA) is 82.1 Å². The number of Topliss-reactive ketones (excluding diaryl/α,β-unsaturated/α-hetero) is 1. The third-order valence-corrected chi connectivity index (χ3v) is 3.85. The van der Waals surface area contributed by atoms with Gasteiger partial charge in [-0.25, -0.2) is 9.59 Å². The van der Waals surface area contributed by atoms with E-state index in [2.05, 4.69) is 14.2 Å². The Kier molecular flexibility index (Phi) is 7.01. The van der Waals surface area contributed by atoms with Gasteiger partial charge in [-0.3, -0.25) is 4.79 Å². The summed E-state index contributed by atoms with van der Waals surface area (Å²) in [6.07, 6.45) is -6.20. The molecule has 1 aliphatic rings. The van der Waals surface area contributed by atoms with Crippen molar-refractivity contribution in [3.63, 3.8) is 0 Å². The number of hydrogen-bond acceptors (Lipinski definition) is 7. The van der Waals surface area contributed by atoms with Gasteiger partial charge in [-0.1, -0.05) is 6.08 Å². The van der Waals surface area contributed by atoms with Crippen LogP contribution in [-0.4, -0.2) is 44.5 Å². The molecule has 1 aromatic carbocycles. The lowest BCUT2D eigenvalue weighted by molar-refractivity contribution is -0.274. The highest BCUT2D eigenvalue weighted by Gasteiger charge is 2.42. The minimum atomic E-state index is -5.49. The Morgan fingerprint density at radius 3 is 2.06 bits per heavy atom. The van der Waals surface area contributed by atoms with Crippen molar-refractivity contribution < 1.29 is 54.9 Å². The molecule has 32 heavy (non-hydrogen) atoms. The van der Waals surface area contributed by atoms with E-state index in [1.165, 1.54) is 12.2 Å². The Balaban J connectivity index is 2.81. The number of alkyl halides is 6. The number of methoxy groups -OCH3 is 2. The van der Waals surface area contributed by atoms with E-state index in [-0.39, 0.29) is 6.07 Å². The Bertz CT molecular complexity index is 1020. The van der Waals surface area contributed by atoms with Crippen LogP contribution in [0.4, 0.5) is 32.0 Å². The molecule has 0 aromatic heterocycles. The standard InChI is InChI=1S/C19H13F6NO6/c1-30-16(28)11-5-3-4-8-26(14(11)17(29)31-2)13-7-6-10(32-19(23,24)25)9-12(13)15(27)18(20,21)22/h3-9H,1-2H3. The van der Waals surface area contributed by atoms with Crippen LogP contribution in [0.5, 0.6) is 5.75 Å². The molecule has 0 bridgehead atoms. The fourth-order valence-electron chi connectivity index (χ4n) is 2.61. The Hall–Kier alpha value is -3.77. The number of esters is 2. The van der Waals surface area contributed by atoms with Gasteiger partial charge >= 0.3 is 24.5 Å². The quantitative estimate of drug-likeness (QED) is 0.372. The molecule has 0 aliphatic carbocycles. The monoisotopic (exact) mass is 465 g/mol. The minimum absolute atomic E-state index is 0.220. The summed E-state index contributed by atoms with van der Waals surface area (Å²) in [7, 11) is 1.89. The maximum Gasteiger partial charge on any atom is 0.573 e. The van der Waals surface area contributed by atoms with Gasteiger partial charge in [0, 0.05) is 6.20 Å². The van der Waals surface area contributed by atoms with Crippen molar-refractivity contribution in [1.29, 1.82) is 0 Å². The highest BCUT2D eigenvalue weighted by Crippen LogP contribution is 2.36. The van der Waals surface area contributed by atoms with Crippen molar-refractivity contribution in [1.82, 2.24) is 0 Å². The predicted octanol–water partition coefficient (Wildman–Crippen LogP) is 3.82. The maximum atomic E-state index is 13.2. The predicted molar refractivity (Wildman–Crippen MR) is 95.3 cm³/mol. The SMILES string of the molecule is COC(=O)C1=C(C(=O)OC)N(c2ccc(OC(F)(F)F)cc2C(=O)C(F)(F)F)C=CC=C1. The molecule has 7 nitrogen and oxygen atoms in total. The molecule has 1 aliphatic heterocycles. The van der Waals surface area contributed by atoms with E-state index in [0.717, 1.165) is 26.5 Å². The second kappa shape index (κ2) is 9.16. The van der Waals surface area contributed by atoms with Gasteiger partial charge in [0.05, 0.1) is 31.0 Å². The molecule has 1 aromatic rings. The third kappa shape index (κ3) is 5.47. The van der Waals surface area contributed by atoms with E-state index < -0.39 is 58.5 Å². The van der Waals surface area contributed by atoms with Crippen molar-refractivity contribution in [2.24, 2.45) is 0 Å². The molecule has 0 saturated heterocycles. The summed E-state index contributed by atoms with van der Waals surface area (Å²) in [6, 6.07) is 1.54. The number of allylic oxidation sites excluding steroid dienone is 2. The smallest absolute Gasteiger partial charge is 0.465 e. The normalized spacial score (nSPS) is 14.2. The molecule has 0 radical (unpaired) electrons. The lowest BCUT2D eigenvalue weighted by atomic mass is 10.0. The summed E-state index contributed by atoms with van der Waals surface area (Å²) in [4.78, 5) is 37.2. The lowest BCUT2D eigenvalue weighted by Gasteiger charge is -2.25. The van der Waals surface area contributed by atoms with Crippen molar-refractivity contribution in [2.75, 3.05) is 19.1 Å². The number of ether oxygens (including phenoxy) is 3. The first-order valence-electron chi connectivity index (χ1n) is 8.36. The summed E-state index contributed by atoms with van der Waals surface area (Å²) in [5.41, 5.74) is -3.06. The molecule has 172 valence electrons. The van der Waals surface area contributed by atoms with Crippen molar-refractivity contribution in [3.05, 3.63) is 59.5 Å². The number of ketones is 1. The van der Waals surface area contributed by atoms with Gasteiger partial charge in [-0.05, 0) is 30.4 Å². The van der Waals surface area contributed by atoms with E-state index in [1.54, 1.807) is 0 Å². The summed E-state index contributed by atoms with van der Waals surface area (Å²) < 4.78 is 89.9. The van der Waals surface area contributed by atoms with Crippen LogP contribution in [-0.2, 0) is 19.1 Å². The number of benzene rings is 1. The average molecular weight is 465 g/mol. The number of hydrogen-bond donors (Lipinski definition) is 0. The molecular formula is C19H13F6NO6. The van der Waals surface area contributed by atoms with E-state index >= 15 is 0 Å². The van der Waals surface area contributed by atoms with Crippen LogP contribution in [0.2, 0.25) is 0 Å². The van der Waals surface area contributed by atoms with E-state index in [1.807, 2.05) is 0 Å². The largest absolute Gasteiger partial charge is 0.573 e. The maximum absolute atomic E-state index is 13.2. The zero-order valence-electron chi connectivity index (χ0n) is 16.2. The second-order valence-electron chi connectivity index (χ2n) is 5.87. The summed E-state index contributed by atoms with van der Waals surface area (Å²) in [5.74, 6) is -5.91. The van der Waals surface area contributed by atoms with Crippen LogP contribution < -0.4 is 9.64 Å². The van der Waals surface area contributed by atoms with Crippen LogP contribution in [0.3, 0.4) is 0 Å². The minimum Gasteiger partial charge on any atom is -0.465 e. The number of halogens is 6. The van der Waals surface area contributed by atoms with Crippen LogP contribution in [0.1, 0.15) is 10.4 Å². The Labute approximate surface area is 176 Å². The lowest BCUT2D eigenvalue weighted by Crippen LogP contribution is -2.30. The molecular weight excluding hydrogens is 452 g/mol. The van der Waals surface area contributed by atoms with E-state index in [9.17, 15) is 40.7 Å². The zero-order chi connectivity index (χ0) is 24.3. The first-order chi connectivity index (χ1) is 14.8. The van der Waals surface area contributed by atoms with Crippen LogP contribution in [0.25, 0.3) is 0 Å².